The molecule has 1 rings (SSSR count). The van der Waals surface area contributed by atoms with Crippen LogP contribution in [0.2, 0.25) is 0 Å². The van der Waals surface area contributed by atoms with Gasteiger partial charge >= 0.3 is 5.97 Å². The number of hydrogen-bond donors (Lipinski definition) is 2. The SMILES string of the molecule is CCC(CCCSCC1CCCC1)(NC)C(=O)O. The van der Waals surface area contributed by atoms with Crippen molar-refractivity contribution in [2.24, 2.45) is 5.92 Å². The summed E-state index contributed by atoms with van der Waals surface area (Å²) in [7, 11) is 1.75. The lowest BCUT2D eigenvalue weighted by atomic mass is 9.91. The number of thioether (sulfide) groups is 1. The van der Waals surface area contributed by atoms with Crippen LogP contribution in [0.3, 0.4) is 0 Å². The highest BCUT2D eigenvalue weighted by molar-refractivity contribution is 7.99. The van der Waals surface area contributed by atoms with Crippen LogP contribution in [0.1, 0.15) is 51.9 Å². The number of carbonyl (C=O) groups is 1. The van der Waals surface area contributed by atoms with Crippen LogP contribution in [-0.2, 0) is 4.79 Å². The molecule has 0 aromatic rings. The van der Waals surface area contributed by atoms with Crippen LogP contribution in [0, 0.1) is 5.92 Å². The van der Waals surface area contributed by atoms with Gasteiger partial charge in [-0.1, -0.05) is 19.8 Å². The van der Waals surface area contributed by atoms with Crippen LogP contribution in [0.25, 0.3) is 0 Å². The molecule has 1 saturated carbocycles. The van der Waals surface area contributed by atoms with Gasteiger partial charge in [-0.3, -0.25) is 4.79 Å². The molecule has 0 aliphatic heterocycles. The third kappa shape index (κ3) is 4.47. The Balaban J connectivity index is 2.16. The second-order valence-corrected chi connectivity index (χ2v) is 6.47. The van der Waals surface area contributed by atoms with E-state index in [2.05, 4.69) is 5.32 Å². The van der Waals surface area contributed by atoms with E-state index in [0.29, 0.717) is 6.42 Å². The summed E-state index contributed by atoms with van der Waals surface area (Å²) >= 11 is 2.00. The minimum atomic E-state index is -0.715. The second kappa shape index (κ2) is 8.05. The molecule has 3 nitrogen and oxygen atoms in total. The van der Waals surface area contributed by atoms with Gasteiger partial charge in [0.15, 0.2) is 0 Å². The third-order valence-electron chi connectivity index (χ3n) is 4.21. The van der Waals surface area contributed by atoms with Gasteiger partial charge in [-0.2, -0.15) is 11.8 Å². The fourth-order valence-corrected chi connectivity index (χ4v) is 3.93. The van der Waals surface area contributed by atoms with E-state index in [-0.39, 0.29) is 0 Å². The van der Waals surface area contributed by atoms with Gasteiger partial charge < -0.3 is 10.4 Å². The highest BCUT2D eigenvalue weighted by Crippen LogP contribution is 2.28. The number of rotatable bonds is 9. The van der Waals surface area contributed by atoms with Gasteiger partial charge in [0.2, 0.25) is 0 Å². The number of nitrogens with one attached hydrogen (secondary N) is 1. The zero-order valence-corrected chi connectivity index (χ0v) is 12.5. The maximum absolute atomic E-state index is 11.3. The van der Waals surface area contributed by atoms with Gasteiger partial charge in [-0.25, -0.2) is 0 Å². The second-order valence-electron chi connectivity index (χ2n) is 5.32. The number of carboxylic acid groups (broad SMARTS) is 1. The smallest absolute Gasteiger partial charge is 0.323 e. The van der Waals surface area contributed by atoms with Crippen LogP contribution in [0.15, 0.2) is 0 Å². The monoisotopic (exact) mass is 273 g/mol. The van der Waals surface area contributed by atoms with Gasteiger partial charge in [0.25, 0.3) is 0 Å². The lowest BCUT2D eigenvalue weighted by molar-refractivity contribution is -0.145. The Kier molecular flexibility index (Phi) is 7.08. The Morgan fingerprint density at radius 1 is 1.44 bits per heavy atom. The van der Waals surface area contributed by atoms with Crippen LogP contribution in [0.4, 0.5) is 0 Å². The number of hydrogen-bond acceptors (Lipinski definition) is 3. The molecule has 1 aliphatic carbocycles. The topological polar surface area (TPSA) is 49.3 Å². The molecule has 0 bridgehead atoms. The maximum atomic E-state index is 11.3. The van der Waals surface area contributed by atoms with E-state index in [4.69, 9.17) is 0 Å². The summed E-state index contributed by atoms with van der Waals surface area (Å²) in [6, 6.07) is 0. The Labute approximate surface area is 115 Å². The van der Waals surface area contributed by atoms with E-state index in [1.54, 1.807) is 7.05 Å². The van der Waals surface area contributed by atoms with Crippen LogP contribution in [-0.4, -0.2) is 35.2 Å². The molecule has 1 atom stereocenters. The van der Waals surface area contributed by atoms with Gasteiger partial charge in [0, 0.05) is 0 Å². The average molecular weight is 273 g/mol. The predicted octanol–water partition coefficient (Wildman–Crippen LogP) is 3.14. The molecule has 0 aromatic carbocycles. The van der Waals surface area contributed by atoms with Crippen molar-refractivity contribution < 1.29 is 9.90 Å². The highest BCUT2D eigenvalue weighted by Gasteiger charge is 2.33. The summed E-state index contributed by atoms with van der Waals surface area (Å²) in [5.41, 5.74) is -0.714. The van der Waals surface area contributed by atoms with E-state index in [1.807, 2.05) is 18.7 Å². The van der Waals surface area contributed by atoms with Crippen molar-refractivity contribution in [2.75, 3.05) is 18.6 Å². The van der Waals surface area contributed by atoms with E-state index in [9.17, 15) is 9.90 Å². The molecule has 1 fully saturated rings. The first-order valence-corrected chi connectivity index (χ1v) is 8.30. The predicted molar refractivity (Wildman–Crippen MR) is 78.2 cm³/mol. The quantitative estimate of drug-likeness (QED) is 0.634. The molecule has 0 spiro atoms. The van der Waals surface area contributed by atoms with Crippen LogP contribution in [0.5, 0.6) is 0 Å². The number of carboxylic acids is 1. The zero-order valence-electron chi connectivity index (χ0n) is 11.7. The van der Waals surface area contributed by atoms with Gasteiger partial charge in [0.05, 0.1) is 0 Å². The third-order valence-corrected chi connectivity index (χ3v) is 5.50. The lowest BCUT2D eigenvalue weighted by Crippen LogP contribution is -2.49. The summed E-state index contributed by atoms with van der Waals surface area (Å²) in [4.78, 5) is 11.3. The molecule has 0 aromatic heterocycles. The molecular weight excluding hydrogens is 246 g/mol. The first kappa shape index (κ1) is 15.8. The first-order chi connectivity index (χ1) is 8.64. The molecule has 0 heterocycles. The minimum absolute atomic E-state index is 0.645. The summed E-state index contributed by atoms with van der Waals surface area (Å²) in [6.07, 6.45) is 7.97. The van der Waals surface area contributed by atoms with Gasteiger partial charge in [-0.05, 0) is 56.6 Å². The van der Waals surface area contributed by atoms with Crippen molar-refractivity contribution in [3.05, 3.63) is 0 Å². The van der Waals surface area contributed by atoms with Crippen LogP contribution < -0.4 is 5.32 Å². The molecule has 0 saturated heterocycles. The van der Waals surface area contributed by atoms with Crippen molar-refractivity contribution in [3.63, 3.8) is 0 Å². The Hall–Kier alpha value is -0.220. The largest absolute Gasteiger partial charge is 0.480 e. The van der Waals surface area contributed by atoms with Crippen molar-refractivity contribution in [3.8, 4) is 0 Å². The fraction of sp³-hybridized carbons (Fsp3) is 0.929. The van der Waals surface area contributed by atoms with Gasteiger partial charge in [-0.15, -0.1) is 0 Å². The summed E-state index contributed by atoms with van der Waals surface area (Å²) in [5, 5.41) is 12.3. The Bertz CT molecular complexity index is 248. The van der Waals surface area contributed by atoms with E-state index < -0.39 is 11.5 Å². The van der Waals surface area contributed by atoms with Crippen molar-refractivity contribution in [1.29, 1.82) is 0 Å². The van der Waals surface area contributed by atoms with E-state index in [0.717, 1.165) is 24.5 Å². The molecular formula is C14H27NO2S. The molecule has 4 heteroatoms. The maximum Gasteiger partial charge on any atom is 0.323 e. The van der Waals surface area contributed by atoms with Crippen LogP contribution >= 0.6 is 11.8 Å². The molecule has 0 amide bonds. The van der Waals surface area contributed by atoms with Crippen molar-refractivity contribution >= 4 is 17.7 Å². The van der Waals surface area contributed by atoms with E-state index >= 15 is 0 Å². The minimum Gasteiger partial charge on any atom is -0.480 e. The van der Waals surface area contributed by atoms with Crippen molar-refractivity contribution in [1.82, 2.24) is 5.32 Å². The molecule has 2 N–H and O–H groups in total. The molecule has 1 aliphatic rings. The lowest BCUT2D eigenvalue weighted by Gasteiger charge is -2.27. The number of aliphatic carboxylic acids is 1. The average Bonchev–Trinajstić information content (AvgIpc) is 2.87. The Morgan fingerprint density at radius 2 is 2.11 bits per heavy atom. The first-order valence-electron chi connectivity index (χ1n) is 7.14. The molecule has 1 unspecified atom stereocenters. The fourth-order valence-electron chi connectivity index (χ4n) is 2.75. The molecule has 106 valence electrons. The summed E-state index contributed by atoms with van der Waals surface area (Å²) in [6.45, 7) is 1.94. The van der Waals surface area contributed by atoms with Gasteiger partial charge in [0.1, 0.15) is 5.54 Å². The zero-order chi connectivity index (χ0) is 13.4. The molecule has 0 radical (unpaired) electrons. The number of likely N-dealkylation sites (N-methyl/N-ethyl adjacent to an activating group) is 1. The summed E-state index contributed by atoms with van der Waals surface area (Å²) < 4.78 is 0. The normalized spacial score (nSPS) is 19.9. The van der Waals surface area contributed by atoms with Crippen molar-refractivity contribution in [2.45, 2.75) is 57.4 Å². The highest BCUT2D eigenvalue weighted by atomic mass is 32.2. The standard InChI is InChI=1S/C14H27NO2S/c1-3-14(15-2,13(16)17)9-6-10-18-11-12-7-4-5-8-12/h12,15H,3-11H2,1-2H3,(H,16,17). The summed E-state index contributed by atoms with van der Waals surface area (Å²) in [5.74, 6) is 2.57. The van der Waals surface area contributed by atoms with E-state index in [1.165, 1.54) is 31.4 Å². The molecule has 18 heavy (non-hydrogen) atoms. The Morgan fingerprint density at radius 3 is 2.61 bits per heavy atom.